The minimum absolute atomic E-state index is 0.0679. The van der Waals surface area contributed by atoms with Gasteiger partial charge >= 0.3 is 0 Å². The van der Waals surface area contributed by atoms with Crippen LogP contribution in [0.4, 0.5) is 4.39 Å². The van der Waals surface area contributed by atoms with Crippen molar-refractivity contribution in [1.82, 2.24) is 15.2 Å². The number of nitrogens with zero attached hydrogens (tertiary/aromatic N) is 2. The maximum Gasteiger partial charge on any atom is 0.254 e. The summed E-state index contributed by atoms with van der Waals surface area (Å²) in [6.07, 6.45) is 6.91. The van der Waals surface area contributed by atoms with Gasteiger partial charge in [-0.25, -0.2) is 4.39 Å². The minimum atomic E-state index is -0.636. The van der Waals surface area contributed by atoms with Crippen molar-refractivity contribution in [3.05, 3.63) is 65.0 Å². The summed E-state index contributed by atoms with van der Waals surface area (Å²) in [5.41, 5.74) is 2.44. The van der Waals surface area contributed by atoms with Gasteiger partial charge in [-0.1, -0.05) is 31.0 Å². The van der Waals surface area contributed by atoms with Gasteiger partial charge in [0, 0.05) is 43.0 Å². The van der Waals surface area contributed by atoms with Gasteiger partial charge in [0.25, 0.3) is 11.8 Å². The molecule has 0 atom stereocenters. The van der Waals surface area contributed by atoms with Crippen LogP contribution in [0, 0.1) is 5.92 Å². The fraction of sp³-hybridized carbons (Fsp3) is 0.458. The van der Waals surface area contributed by atoms with E-state index in [-0.39, 0.29) is 17.7 Å². The Hall–Kier alpha value is -2.76. The predicted molar refractivity (Wildman–Crippen MR) is 113 cm³/mol. The van der Waals surface area contributed by atoms with Crippen LogP contribution in [0.3, 0.4) is 0 Å². The van der Waals surface area contributed by atoms with Crippen molar-refractivity contribution in [2.75, 3.05) is 19.6 Å². The molecule has 0 bridgehead atoms. The van der Waals surface area contributed by atoms with Gasteiger partial charge in [-0.2, -0.15) is 0 Å². The topological polar surface area (TPSA) is 62.3 Å². The van der Waals surface area contributed by atoms with Crippen LogP contribution in [0.15, 0.2) is 42.6 Å². The summed E-state index contributed by atoms with van der Waals surface area (Å²) in [5.74, 6) is 0.890. The van der Waals surface area contributed by atoms with E-state index in [0.29, 0.717) is 29.8 Å². The molecule has 1 aliphatic carbocycles. The van der Waals surface area contributed by atoms with Gasteiger partial charge in [-0.15, -0.1) is 0 Å². The Morgan fingerprint density at radius 1 is 1.07 bits per heavy atom. The molecule has 2 heterocycles. The van der Waals surface area contributed by atoms with Gasteiger partial charge in [-0.05, 0) is 48.9 Å². The van der Waals surface area contributed by atoms with Crippen molar-refractivity contribution in [1.29, 1.82) is 0 Å². The number of piperidine rings is 1. The number of carbonyl (C=O) groups excluding carboxylic acids is 2. The lowest BCUT2D eigenvalue weighted by molar-refractivity contribution is 0.0709. The minimum Gasteiger partial charge on any atom is -0.352 e. The number of carbonyl (C=O) groups is 2. The smallest absolute Gasteiger partial charge is 0.254 e. The Bertz CT molecular complexity index is 888. The van der Waals surface area contributed by atoms with E-state index in [9.17, 15) is 14.0 Å². The molecule has 1 aromatic carbocycles. The Kier molecular flexibility index (Phi) is 6.41. The van der Waals surface area contributed by atoms with Gasteiger partial charge in [0.15, 0.2) is 0 Å². The lowest BCUT2D eigenvalue weighted by atomic mass is 9.92. The summed E-state index contributed by atoms with van der Waals surface area (Å²) in [6, 6.07) is 10.6. The standard InChI is InChI=1S/C24H28FN3O2/c25-15-19-3-1-2-4-21(19)24(30)28-13-10-18(11-14-28)22-8-7-20(16-27-22)23(29)26-12-9-17-5-6-17/h1-4,7-8,16-18H,5-6,9-15H2,(H,26,29). The Balaban J connectivity index is 1.30. The zero-order valence-corrected chi connectivity index (χ0v) is 17.1. The maximum atomic E-state index is 13.2. The van der Waals surface area contributed by atoms with Crippen LogP contribution >= 0.6 is 0 Å². The van der Waals surface area contributed by atoms with Crippen molar-refractivity contribution in [3.63, 3.8) is 0 Å². The van der Waals surface area contributed by atoms with E-state index in [4.69, 9.17) is 0 Å². The lowest BCUT2D eigenvalue weighted by Gasteiger charge is -2.32. The van der Waals surface area contributed by atoms with Gasteiger partial charge in [-0.3, -0.25) is 14.6 Å². The molecule has 30 heavy (non-hydrogen) atoms. The van der Waals surface area contributed by atoms with E-state index in [1.54, 1.807) is 35.4 Å². The van der Waals surface area contributed by atoms with Gasteiger partial charge in [0.2, 0.25) is 0 Å². The Morgan fingerprint density at radius 3 is 2.50 bits per heavy atom. The molecule has 1 saturated heterocycles. The van der Waals surface area contributed by atoms with E-state index in [0.717, 1.165) is 37.4 Å². The first-order valence-electron chi connectivity index (χ1n) is 10.8. The number of rotatable bonds is 7. The summed E-state index contributed by atoms with van der Waals surface area (Å²) in [6.45, 7) is 1.33. The summed E-state index contributed by atoms with van der Waals surface area (Å²) >= 11 is 0. The number of aromatic nitrogens is 1. The van der Waals surface area contributed by atoms with E-state index in [1.807, 2.05) is 12.1 Å². The molecular weight excluding hydrogens is 381 g/mol. The Morgan fingerprint density at radius 2 is 1.83 bits per heavy atom. The fourth-order valence-corrected chi connectivity index (χ4v) is 4.07. The second-order valence-electron chi connectivity index (χ2n) is 8.32. The molecule has 1 aromatic heterocycles. The predicted octanol–water partition coefficient (Wildman–Crippen LogP) is 4.10. The number of alkyl halides is 1. The van der Waals surface area contributed by atoms with Crippen molar-refractivity contribution in [3.8, 4) is 0 Å². The highest BCUT2D eigenvalue weighted by molar-refractivity contribution is 5.95. The molecule has 158 valence electrons. The van der Waals surface area contributed by atoms with Crippen molar-refractivity contribution in [2.45, 2.75) is 44.7 Å². The van der Waals surface area contributed by atoms with Crippen LogP contribution in [0.25, 0.3) is 0 Å². The maximum absolute atomic E-state index is 13.2. The third kappa shape index (κ3) is 4.86. The second-order valence-corrected chi connectivity index (χ2v) is 8.32. The highest BCUT2D eigenvalue weighted by Crippen LogP contribution is 2.31. The van der Waals surface area contributed by atoms with Gasteiger partial charge in [0.05, 0.1) is 5.56 Å². The van der Waals surface area contributed by atoms with Crippen LogP contribution in [-0.2, 0) is 6.67 Å². The second kappa shape index (κ2) is 9.37. The summed E-state index contributed by atoms with van der Waals surface area (Å²) in [5, 5.41) is 2.96. The first-order valence-corrected chi connectivity index (χ1v) is 10.8. The molecule has 1 N–H and O–H groups in total. The SMILES string of the molecule is O=C(NCCC1CC1)c1ccc(C2CCN(C(=O)c3ccccc3CF)CC2)nc1. The van der Waals surface area contributed by atoms with Gasteiger partial charge in [0.1, 0.15) is 6.67 Å². The first kappa shape index (κ1) is 20.5. The number of benzene rings is 1. The number of amides is 2. The average molecular weight is 410 g/mol. The van der Waals surface area contributed by atoms with E-state index >= 15 is 0 Å². The van der Waals surface area contributed by atoms with Crippen LogP contribution in [0.2, 0.25) is 0 Å². The van der Waals surface area contributed by atoms with Crippen molar-refractivity contribution >= 4 is 11.8 Å². The summed E-state index contributed by atoms with van der Waals surface area (Å²) < 4.78 is 13.2. The number of hydrogen-bond donors (Lipinski definition) is 1. The molecule has 0 spiro atoms. The monoisotopic (exact) mass is 409 g/mol. The molecule has 0 radical (unpaired) electrons. The third-order valence-electron chi connectivity index (χ3n) is 6.18. The van der Waals surface area contributed by atoms with E-state index < -0.39 is 6.67 Å². The van der Waals surface area contributed by atoms with Gasteiger partial charge < -0.3 is 10.2 Å². The first-order chi connectivity index (χ1) is 14.7. The molecule has 5 nitrogen and oxygen atoms in total. The zero-order valence-electron chi connectivity index (χ0n) is 17.1. The largest absolute Gasteiger partial charge is 0.352 e. The van der Waals surface area contributed by atoms with E-state index in [1.165, 1.54) is 12.8 Å². The van der Waals surface area contributed by atoms with Crippen molar-refractivity contribution in [2.24, 2.45) is 5.92 Å². The number of likely N-dealkylation sites (tertiary alicyclic amines) is 1. The number of pyridine rings is 1. The molecule has 6 heteroatoms. The van der Waals surface area contributed by atoms with E-state index in [2.05, 4.69) is 10.3 Å². The molecule has 2 fully saturated rings. The summed E-state index contributed by atoms with van der Waals surface area (Å²) in [7, 11) is 0. The molecule has 4 rings (SSSR count). The van der Waals surface area contributed by atoms with Crippen molar-refractivity contribution < 1.29 is 14.0 Å². The number of halogens is 1. The van der Waals surface area contributed by atoms with Crippen LogP contribution in [0.5, 0.6) is 0 Å². The molecular formula is C24H28FN3O2. The quantitative estimate of drug-likeness (QED) is 0.749. The average Bonchev–Trinajstić information content (AvgIpc) is 3.63. The number of hydrogen-bond acceptors (Lipinski definition) is 3. The molecule has 2 aliphatic rings. The lowest BCUT2D eigenvalue weighted by Crippen LogP contribution is -2.38. The fourth-order valence-electron chi connectivity index (χ4n) is 4.07. The normalized spacial score (nSPS) is 17.0. The third-order valence-corrected chi connectivity index (χ3v) is 6.18. The van der Waals surface area contributed by atoms with Crippen LogP contribution in [0.1, 0.15) is 70.0 Å². The van der Waals surface area contributed by atoms with Crippen LogP contribution in [-0.4, -0.2) is 41.3 Å². The van der Waals surface area contributed by atoms with Crippen LogP contribution < -0.4 is 5.32 Å². The molecule has 0 unspecified atom stereocenters. The molecule has 2 aromatic rings. The summed E-state index contributed by atoms with van der Waals surface area (Å²) in [4.78, 5) is 31.3. The molecule has 1 saturated carbocycles. The zero-order chi connectivity index (χ0) is 20.9. The highest BCUT2D eigenvalue weighted by atomic mass is 19.1. The molecule has 1 aliphatic heterocycles. The highest BCUT2D eigenvalue weighted by Gasteiger charge is 2.26. The molecule has 2 amide bonds. The number of nitrogens with one attached hydrogen (secondary N) is 1. The Labute approximate surface area is 176 Å².